The summed E-state index contributed by atoms with van der Waals surface area (Å²) in [7, 11) is 1.47. The zero-order valence-electron chi connectivity index (χ0n) is 9.11. The van der Waals surface area contributed by atoms with Crippen molar-refractivity contribution < 1.29 is 14.6 Å². The summed E-state index contributed by atoms with van der Waals surface area (Å²) in [6.07, 6.45) is 0. The van der Waals surface area contributed by atoms with Gasteiger partial charge in [0.1, 0.15) is 10.8 Å². The maximum Gasteiger partial charge on any atom is 0.271 e. The molecule has 0 bridgehead atoms. The molecule has 0 saturated heterocycles. The van der Waals surface area contributed by atoms with Crippen LogP contribution in [0, 0.1) is 0 Å². The Morgan fingerprint density at radius 3 is 2.88 bits per heavy atom. The van der Waals surface area contributed by atoms with E-state index in [0.29, 0.717) is 0 Å². The van der Waals surface area contributed by atoms with Crippen molar-refractivity contribution in [3.8, 4) is 0 Å². The fourth-order valence-electron chi connectivity index (χ4n) is 1.17. The largest absolute Gasteiger partial charge is 0.394 e. The molecule has 0 fully saturated rings. The van der Waals surface area contributed by atoms with Crippen molar-refractivity contribution >= 4 is 29.1 Å². The van der Waals surface area contributed by atoms with Gasteiger partial charge >= 0.3 is 0 Å². The first kappa shape index (κ1) is 14.2. The molecule has 1 rings (SSSR count). The van der Waals surface area contributed by atoms with E-state index in [2.05, 4.69) is 10.3 Å². The first-order valence-electron chi connectivity index (χ1n) is 4.81. The first-order chi connectivity index (χ1) is 8.08. The second kappa shape index (κ2) is 6.76. The Bertz CT molecular complexity index is 401. The molecule has 0 aromatic carbocycles. The third-order valence-corrected chi connectivity index (χ3v) is 2.47. The number of carbonyl (C=O) groups is 1. The predicted molar refractivity (Wildman–Crippen MR) is 64.5 cm³/mol. The number of amides is 1. The maximum atomic E-state index is 11.8. The fraction of sp³-hybridized carbons (Fsp3) is 0.400. The van der Waals surface area contributed by atoms with Crippen LogP contribution in [0.15, 0.2) is 12.1 Å². The van der Waals surface area contributed by atoms with Crippen LogP contribution in [0.5, 0.6) is 0 Å². The minimum atomic E-state index is -0.510. The summed E-state index contributed by atoms with van der Waals surface area (Å²) in [5, 5.41) is 11.9. The lowest BCUT2D eigenvalue weighted by molar-refractivity contribution is 0.0835. The number of aliphatic hydroxyl groups excluding tert-OH is 1. The Morgan fingerprint density at radius 1 is 1.59 bits per heavy atom. The number of pyridine rings is 1. The Hall–Kier alpha value is -0.880. The molecule has 94 valence electrons. The number of halogens is 2. The summed E-state index contributed by atoms with van der Waals surface area (Å²) < 4.78 is 4.83. The van der Waals surface area contributed by atoms with E-state index >= 15 is 0 Å². The quantitative estimate of drug-likeness (QED) is 0.792. The van der Waals surface area contributed by atoms with Gasteiger partial charge in [0.2, 0.25) is 0 Å². The SMILES string of the molecule is COCC(CO)NC(=O)c1nc(Cl)ccc1Cl. The molecule has 1 amide bonds. The maximum absolute atomic E-state index is 11.8. The summed E-state index contributed by atoms with van der Waals surface area (Å²) in [6, 6.07) is 2.46. The van der Waals surface area contributed by atoms with Crippen LogP contribution in [-0.4, -0.2) is 42.4 Å². The Morgan fingerprint density at radius 2 is 2.29 bits per heavy atom. The first-order valence-corrected chi connectivity index (χ1v) is 5.56. The normalized spacial score (nSPS) is 12.2. The number of ether oxygens (including phenoxy) is 1. The van der Waals surface area contributed by atoms with Crippen LogP contribution in [-0.2, 0) is 4.74 Å². The number of nitrogens with one attached hydrogen (secondary N) is 1. The minimum Gasteiger partial charge on any atom is -0.394 e. The Kier molecular flexibility index (Phi) is 5.64. The van der Waals surface area contributed by atoms with Crippen LogP contribution in [0.3, 0.4) is 0 Å². The van der Waals surface area contributed by atoms with Crippen LogP contribution < -0.4 is 5.32 Å². The number of methoxy groups -OCH3 is 1. The molecule has 7 heteroatoms. The second-order valence-electron chi connectivity index (χ2n) is 3.27. The molecule has 1 unspecified atom stereocenters. The van der Waals surface area contributed by atoms with Gasteiger partial charge in [0, 0.05) is 7.11 Å². The molecule has 17 heavy (non-hydrogen) atoms. The standard InChI is InChI=1S/C10H12Cl2N2O3/c1-17-5-6(4-15)13-10(16)9-7(11)2-3-8(12)14-9/h2-3,6,15H,4-5H2,1H3,(H,13,16). The van der Waals surface area contributed by atoms with E-state index in [4.69, 9.17) is 33.0 Å². The lowest BCUT2D eigenvalue weighted by Gasteiger charge is -2.15. The molecular formula is C10H12Cl2N2O3. The van der Waals surface area contributed by atoms with Crippen LogP contribution in [0.2, 0.25) is 10.2 Å². The summed E-state index contributed by atoms with van der Waals surface area (Å²) >= 11 is 11.5. The molecule has 0 saturated carbocycles. The zero-order chi connectivity index (χ0) is 12.8. The van der Waals surface area contributed by atoms with E-state index in [9.17, 15) is 4.79 Å². The van der Waals surface area contributed by atoms with Gasteiger partial charge in [0.05, 0.1) is 24.3 Å². The van der Waals surface area contributed by atoms with Gasteiger partial charge in [0.15, 0.2) is 0 Å². The number of aromatic nitrogens is 1. The smallest absolute Gasteiger partial charge is 0.271 e. The Balaban J connectivity index is 2.78. The number of hydrogen-bond donors (Lipinski definition) is 2. The molecular weight excluding hydrogens is 267 g/mol. The van der Waals surface area contributed by atoms with Gasteiger partial charge in [-0.3, -0.25) is 4.79 Å². The van der Waals surface area contributed by atoms with Crippen molar-refractivity contribution in [3.05, 3.63) is 28.0 Å². The lowest BCUT2D eigenvalue weighted by atomic mass is 10.3. The van der Waals surface area contributed by atoms with Gasteiger partial charge in [-0.05, 0) is 12.1 Å². The molecule has 1 aromatic rings. The van der Waals surface area contributed by atoms with Crippen molar-refractivity contribution in [3.63, 3.8) is 0 Å². The second-order valence-corrected chi connectivity index (χ2v) is 4.07. The van der Waals surface area contributed by atoms with Crippen molar-refractivity contribution in [1.82, 2.24) is 10.3 Å². The van der Waals surface area contributed by atoms with Crippen molar-refractivity contribution in [2.24, 2.45) is 0 Å². The monoisotopic (exact) mass is 278 g/mol. The molecule has 1 aromatic heterocycles. The molecule has 2 N–H and O–H groups in total. The van der Waals surface area contributed by atoms with Gasteiger partial charge in [-0.2, -0.15) is 0 Å². The predicted octanol–water partition coefficient (Wildman–Crippen LogP) is 1.13. The highest BCUT2D eigenvalue weighted by atomic mass is 35.5. The molecule has 1 atom stereocenters. The summed E-state index contributed by atoms with van der Waals surface area (Å²) in [5.74, 6) is -0.506. The highest BCUT2D eigenvalue weighted by Crippen LogP contribution is 2.16. The number of rotatable bonds is 5. The fourth-order valence-corrected chi connectivity index (χ4v) is 1.51. The zero-order valence-corrected chi connectivity index (χ0v) is 10.6. The van der Waals surface area contributed by atoms with E-state index in [1.165, 1.54) is 19.2 Å². The van der Waals surface area contributed by atoms with Gasteiger partial charge in [-0.1, -0.05) is 23.2 Å². The molecule has 0 aliphatic rings. The van der Waals surface area contributed by atoms with E-state index in [1.54, 1.807) is 0 Å². The lowest BCUT2D eigenvalue weighted by Crippen LogP contribution is -2.41. The number of nitrogens with zero attached hydrogens (tertiary/aromatic N) is 1. The topological polar surface area (TPSA) is 71.5 Å². The van der Waals surface area contributed by atoms with Gasteiger partial charge in [0.25, 0.3) is 5.91 Å². The van der Waals surface area contributed by atoms with Gasteiger partial charge in [-0.15, -0.1) is 0 Å². The minimum absolute atomic E-state index is 0.0220. The van der Waals surface area contributed by atoms with Crippen molar-refractivity contribution in [2.45, 2.75) is 6.04 Å². The van der Waals surface area contributed by atoms with Crippen LogP contribution in [0.25, 0.3) is 0 Å². The van der Waals surface area contributed by atoms with E-state index in [1.807, 2.05) is 0 Å². The highest BCUT2D eigenvalue weighted by molar-refractivity contribution is 6.34. The van der Waals surface area contributed by atoms with Crippen molar-refractivity contribution in [1.29, 1.82) is 0 Å². The van der Waals surface area contributed by atoms with E-state index in [-0.39, 0.29) is 29.1 Å². The summed E-state index contributed by atoms with van der Waals surface area (Å²) in [5.41, 5.74) is 0.0220. The third kappa shape index (κ3) is 4.12. The number of aliphatic hydroxyl groups is 1. The number of carbonyl (C=O) groups excluding carboxylic acids is 1. The molecule has 0 aliphatic heterocycles. The van der Waals surface area contributed by atoms with Crippen molar-refractivity contribution in [2.75, 3.05) is 20.3 Å². The average Bonchev–Trinajstić information content (AvgIpc) is 2.31. The molecule has 0 radical (unpaired) electrons. The average molecular weight is 279 g/mol. The number of hydrogen-bond acceptors (Lipinski definition) is 4. The summed E-state index contributed by atoms with van der Waals surface area (Å²) in [4.78, 5) is 15.6. The highest BCUT2D eigenvalue weighted by Gasteiger charge is 2.17. The third-order valence-electron chi connectivity index (χ3n) is 1.95. The Labute approximate surface area is 109 Å². The van der Waals surface area contributed by atoms with Crippen LogP contribution in [0.4, 0.5) is 0 Å². The van der Waals surface area contributed by atoms with Crippen LogP contribution >= 0.6 is 23.2 Å². The molecule has 5 nitrogen and oxygen atoms in total. The molecule has 1 heterocycles. The summed E-state index contributed by atoms with van der Waals surface area (Å²) in [6.45, 7) is -0.0435. The van der Waals surface area contributed by atoms with Gasteiger partial charge < -0.3 is 15.2 Å². The molecule has 0 aliphatic carbocycles. The van der Waals surface area contributed by atoms with E-state index < -0.39 is 11.9 Å². The van der Waals surface area contributed by atoms with Crippen LogP contribution in [0.1, 0.15) is 10.5 Å². The molecule has 0 spiro atoms. The van der Waals surface area contributed by atoms with E-state index in [0.717, 1.165) is 0 Å². The van der Waals surface area contributed by atoms with Gasteiger partial charge in [-0.25, -0.2) is 4.98 Å².